The summed E-state index contributed by atoms with van der Waals surface area (Å²) < 4.78 is 5.43. The van der Waals surface area contributed by atoms with E-state index < -0.39 is 0 Å². The summed E-state index contributed by atoms with van der Waals surface area (Å²) in [6.07, 6.45) is 1.35. The first-order valence-electron chi connectivity index (χ1n) is 4.38. The highest BCUT2D eigenvalue weighted by molar-refractivity contribution is 7.22. The zero-order valence-corrected chi connectivity index (χ0v) is 8.93. The predicted molar refractivity (Wildman–Crippen MR) is 58.4 cm³/mol. The highest BCUT2D eigenvalue weighted by Crippen LogP contribution is 2.20. The molecule has 7 heteroatoms. The zero-order valence-electron chi connectivity index (χ0n) is 8.11. The lowest BCUT2D eigenvalue weighted by Crippen LogP contribution is -2.06. The second-order valence-corrected chi connectivity index (χ2v) is 3.82. The minimum atomic E-state index is -0.155. The van der Waals surface area contributed by atoms with E-state index in [1.54, 1.807) is 7.11 Å². The van der Waals surface area contributed by atoms with Gasteiger partial charge >= 0.3 is 0 Å². The summed E-state index contributed by atoms with van der Waals surface area (Å²) in [5, 5.41) is 3.74. The largest absolute Gasteiger partial charge is 0.383 e. The van der Waals surface area contributed by atoms with Gasteiger partial charge in [-0.05, 0) is 0 Å². The molecule has 2 aromatic heterocycles. The van der Waals surface area contributed by atoms with E-state index in [0.29, 0.717) is 28.6 Å². The van der Waals surface area contributed by atoms with Gasteiger partial charge in [0.15, 0.2) is 10.8 Å². The van der Waals surface area contributed by atoms with Crippen LogP contribution in [0, 0.1) is 0 Å². The predicted octanol–water partition coefficient (Wildman–Crippen LogP) is 0.438. The van der Waals surface area contributed by atoms with Crippen molar-refractivity contribution < 1.29 is 4.74 Å². The highest BCUT2D eigenvalue weighted by atomic mass is 32.1. The average Bonchev–Trinajstić information content (AvgIpc) is 2.63. The molecule has 0 aliphatic rings. The van der Waals surface area contributed by atoms with Crippen molar-refractivity contribution >= 4 is 26.8 Å². The van der Waals surface area contributed by atoms with Crippen molar-refractivity contribution in [3.63, 3.8) is 0 Å². The lowest BCUT2D eigenvalue weighted by molar-refractivity contribution is 0.211. The molecule has 0 spiro atoms. The van der Waals surface area contributed by atoms with Crippen LogP contribution in [-0.4, -0.2) is 35.2 Å². The number of aromatic amines is 1. The summed E-state index contributed by atoms with van der Waals surface area (Å²) in [7, 11) is 1.63. The minimum absolute atomic E-state index is 0.155. The van der Waals surface area contributed by atoms with E-state index in [1.807, 2.05) is 0 Å². The van der Waals surface area contributed by atoms with Crippen molar-refractivity contribution in [1.82, 2.24) is 15.0 Å². The number of nitrogens with zero attached hydrogens (tertiary/aromatic N) is 2. The van der Waals surface area contributed by atoms with E-state index in [4.69, 9.17) is 4.74 Å². The number of H-pyrrole nitrogens is 1. The van der Waals surface area contributed by atoms with Gasteiger partial charge in [0.05, 0.1) is 12.9 Å². The maximum atomic E-state index is 11.3. The van der Waals surface area contributed by atoms with Crippen LogP contribution in [0.25, 0.3) is 10.3 Å². The Morgan fingerprint density at radius 2 is 2.53 bits per heavy atom. The molecule has 0 fully saturated rings. The van der Waals surface area contributed by atoms with Crippen LogP contribution >= 0.6 is 11.3 Å². The van der Waals surface area contributed by atoms with E-state index in [1.165, 1.54) is 17.7 Å². The Kier molecular flexibility index (Phi) is 2.93. The fraction of sp³-hybridized carbons (Fsp3) is 0.375. The van der Waals surface area contributed by atoms with Crippen LogP contribution in [0.1, 0.15) is 0 Å². The van der Waals surface area contributed by atoms with Crippen LogP contribution in [0.5, 0.6) is 0 Å². The molecule has 80 valence electrons. The van der Waals surface area contributed by atoms with Gasteiger partial charge in [-0.25, -0.2) is 4.98 Å². The van der Waals surface area contributed by atoms with Crippen molar-refractivity contribution in [2.75, 3.05) is 25.6 Å². The maximum absolute atomic E-state index is 11.3. The number of nitrogens with one attached hydrogen (secondary N) is 2. The molecule has 2 heterocycles. The first-order chi connectivity index (χ1) is 7.31. The fourth-order valence-corrected chi connectivity index (χ4v) is 1.94. The molecule has 0 saturated heterocycles. The van der Waals surface area contributed by atoms with Crippen LogP contribution in [0.15, 0.2) is 11.1 Å². The van der Waals surface area contributed by atoms with Gasteiger partial charge in [-0.15, -0.1) is 0 Å². The topological polar surface area (TPSA) is 79.9 Å². The maximum Gasteiger partial charge on any atom is 0.270 e. The molecule has 0 radical (unpaired) electrons. The summed E-state index contributed by atoms with van der Waals surface area (Å²) in [6, 6.07) is 0. The van der Waals surface area contributed by atoms with Gasteiger partial charge in [0.25, 0.3) is 5.56 Å². The van der Waals surface area contributed by atoms with Crippen LogP contribution in [0.3, 0.4) is 0 Å². The first kappa shape index (κ1) is 10.1. The number of thiazole rings is 1. The SMILES string of the molecule is COCCNc1nc2nc[nH]c(=O)c2s1. The molecule has 0 unspecified atom stereocenters. The molecule has 0 aromatic carbocycles. The average molecular weight is 226 g/mol. The molecule has 2 aromatic rings. The highest BCUT2D eigenvalue weighted by Gasteiger charge is 2.06. The number of anilines is 1. The van der Waals surface area contributed by atoms with Gasteiger partial charge in [0.2, 0.25) is 0 Å². The number of fused-ring (bicyclic) bond motifs is 1. The molecule has 0 bridgehead atoms. The van der Waals surface area contributed by atoms with E-state index in [0.717, 1.165) is 0 Å². The minimum Gasteiger partial charge on any atom is -0.383 e. The monoisotopic (exact) mass is 226 g/mol. The number of hydrogen-bond acceptors (Lipinski definition) is 6. The summed E-state index contributed by atoms with van der Waals surface area (Å²) in [6.45, 7) is 1.26. The van der Waals surface area contributed by atoms with Crippen molar-refractivity contribution in [3.8, 4) is 0 Å². The molecule has 0 aliphatic heterocycles. The third-order valence-electron chi connectivity index (χ3n) is 1.78. The van der Waals surface area contributed by atoms with Crippen LogP contribution < -0.4 is 10.9 Å². The quantitative estimate of drug-likeness (QED) is 0.739. The Balaban J connectivity index is 2.24. The standard InChI is InChI=1S/C8H10N4O2S/c1-14-3-2-9-8-12-6-5(15-8)7(13)11-4-10-6/h4H,2-3H2,1H3,(H2,9,10,11,12,13). The van der Waals surface area contributed by atoms with Crippen molar-refractivity contribution in [2.45, 2.75) is 0 Å². The molecular formula is C8H10N4O2S. The Labute approximate surface area is 89.3 Å². The first-order valence-corrected chi connectivity index (χ1v) is 5.20. The molecule has 2 rings (SSSR count). The number of hydrogen-bond donors (Lipinski definition) is 2. The molecule has 2 N–H and O–H groups in total. The van der Waals surface area contributed by atoms with Gasteiger partial charge in [-0.3, -0.25) is 4.79 Å². The smallest absolute Gasteiger partial charge is 0.270 e. The summed E-state index contributed by atoms with van der Waals surface area (Å²) in [5.74, 6) is 0. The Morgan fingerprint density at radius 3 is 3.27 bits per heavy atom. The van der Waals surface area contributed by atoms with E-state index >= 15 is 0 Å². The lowest BCUT2D eigenvalue weighted by atomic mass is 10.6. The van der Waals surface area contributed by atoms with Crippen molar-refractivity contribution in [3.05, 3.63) is 16.7 Å². The number of aromatic nitrogens is 3. The second kappa shape index (κ2) is 4.37. The van der Waals surface area contributed by atoms with E-state index in [9.17, 15) is 4.79 Å². The molecule has 0 saturated carbocycles. The summed E-state index contributed by atoms with van der Waals surface area (Å²) in [4.78, 5) is 22.0. The second-order valence-electron chi connectivity index (χ2n) is 2.82. The Hall–Kier alpha value is -1.47. The van der Waals surface area contributed by atoms with Crippen LogP contribution in [0.4, 0.5) is 5.13 Å². The Bertz CT molecular complexity index is 507. The number of rotatable bonds is 4. The fourth-order valence-electron chi connectivity index (χ4n) is 1.10. The van der Waals surface area contributed by atoms with E-state index in [-0.39, 0.29) is 5.56 Å². The van der Waals surface area contributed by atoms with E-state index in [2.05, 4.69) is 20.3 Å². The third-order valence-corrected chi connectivity index (χ3v) is 2.78. The van der Waals surface area contributed by atoms with Gasteiger partial charge in [-0.2, -0.15) is 4.98 Å². The lowest BCUT2D eigenvalue weighted by Gasteiger charge is -1.98. The van der Waals surface area contributed by atoms with Crippen molar-refractivity contribution in [1.29, 1.82) is 0 Å². The van der Waals surface area contributed by atoms with Gasteiger partial charge < -0.3 is 15.0 Å². The normalized spacial score (nSPS) is 10.7. The van der Waals surface area contributed by atoms with Gasteiger partial charge in [0, 0.05) is 13.7 Å². The van der Waals surface area contributed by atoms with Crippen molar-refractivity contribution in [2.24, 2.45) is 0 Å². The molecular weight excluding hydrogens is 216 g/mol. The number of methoxy groups -OCH3 is 1. The molecule has 0 atom stereocenters. The van der Waals surface area contributed by atoms with Crippen LogP contribution in [-0.2, 0) is 4.74 Å². The van der Waals surface area contributed by atoms with Gasteiger partial charge in [0.1, 0.15) is 4.70 Å². The molecule has 15 heavy (non-hydrogen) atoms. The summed E-state index contributed by atoms with van der Waals surface area (Å²) >= 11 is 1.29. The Morgan fingerprint density at radius 1 is 1.67 bits per heavy atom. The third kappa shape index (κ3) is 2.13. The van der Waals surface area contributed by atoms with Crippen LogP contribution in [0.2, 0.25) is 0 Å². The molecule has 6 nitrogen and oxygen atoms in total. The summed E-state index contributed by atoms with van der Waals surface area (Å²) in [5.41, 5.74) is 0.320. The zero-order chi connectivity index (χ0) is 10.7. The molecule has 0 amide bonds. The number of ether oxygens (including phenoxy) is 1. The molecule has 0 aliphatic carbocycles. The van der Waals surface area contributed by atoms with Gasteiger partial charge in [-0.1, -0.05) is 11.3 Å².